The van der Waals surface area contributed by atoms with Crippen molar-refractivity contribution in [3.05, 3.63) is 36.4 Å². The monoisotopic (exact) mass is 278 g/mol. The fourth-order valence-electron chi connectivity index (χ4n) is 1.52. The number of aromatic hydroxyl groups is 2. The number of phenolic OH excluding ortho intramolecular Hbond substituents is 2. The Labute approximate surface area is 115 Å². The third-order valence-corrected chi connectivity index (χ3v) is 3.65. The molecule has 0 heterocycles. The topological polar surface area (TPSA) is 58.9 Å². The summed E-state index contributed by atoms with van der Waals surface area (Å²) >= 11 is 1.24. The number of hydrogen-bond donors (Lipinski definition) is 2. The minimum atomic E-state index is 0.132. The molecule has 2 rings (SSSR count). The number of ether oxygens (including phenoxy) is 2. The summed E-state index contributed by atoms with van der Waals surface area (Å²) in [6.45, 7) is 0. The van der Waals surface area contributed by atoms with Crippen molar-refractivity contribution in [3.63, 3.8) is 0 Å². The second-order valence-electron chi connectivity index (χ2n) is 3.77. The maximum Gasteiger partial charge on any atom is 0.129 e. The summed E-state index contributed by atoms with van der Waals surface area (Å²) in [5, 5.41) is 19.6. The number of methoxy groups -OCH3 is 2. The van der Waals surface area contributed by atoms with Crippen LogP contribution in [0, 0.1) is 0 Å². The predicted octanol–water partition coefficient (Wildman–Crippen LogP) is 3.27. The van der Waals surface area contributed by atoms with Crippen LogP contribution in [0.2, 0.25) is 0 Å². The predicted molar refractivity (Wildman–Crippen MR) is 73.4 cm³/mol. The minimum Gasteiger partial charge on any atom is -0.507 e. The van der Waals surface area contributed by atoms with Crippen molar-refractivity contribution in [3.8, 4) is 23.0 Å². The Morgan fingerprint density at radius 2 is 1.21 bits per heavy atom. The molecule has 0 spiro atoms. The summed E-state index contributed by atoms with van der Waals surface area (Å²) in [6.07, 6.45) is 0. The highest BCUT2D eigenvalue weighted by Crippen LogP contribution is 2.41. The maximum absolute atomic E-state index is 9.82. The average Bonchev–Trinajstić information content (AvgIpc) is 2.43. The van der Waals surface area contributed by atoms with E-state index in [1.54, 1.807) is 50.6 Å². The summed E-state index contributed by atoms with van der Waals surface area (Å²) in [5.41, 5.74) is 0. The first-order valence-electron chi connectivity index (χ1n) is 5.56. The van der Waals surface area contributed by atoms with Crippen molar-refractivity contribution in [1.82, 2.24) is 0 Å². The SMILES string of the molecule is COc1ccc(O)c(Sc2cc(OC)ccc2O)c1. The van der Waals surface area contributed by atoms with E-state index in [0.717, 1.165) is 0 Å². The zero-order chi connectivity index (χ0) is 13.8. The summed E-state index contributed by atoms with van der Waals surface area (Å²) in [7, 11) is 3.12. The lowest BCUT2D eigenvalue weighted by atomic mass is 10.3. The Kier molecular flexibility index (Phi) is 4.06. The third kappa shape index (κ3) is 3.06. The van der Waals surface area contributed by atoms with E-state index >= 15 is 0 Å². The number of benzene rings is 2. The van der Waals surface area contributed by atoms with E-state index in [4.69, 9.17) is 9.47 Å². The molecule has 0 unspecified atom stereocenters. The normalized spacial score (nSPS) is 10.2. The van der Waals surface area contributed by atoms with E-state index in [1.807, 2.05) is 0 Å². The number of rotatable bonds is 4. The van der Waals surface area contributed by atoms with E-state index in [9.17, 15) is 10.2 Å². The van der Waals surface area contributed by atoms with Crippen LogP contribution in [0.25, 0.3) is 0 Å². The number of hydrogen-bond acceptors (Lipinski definition) is 5. The van der Waals surface area contributed by atoms with E-state index in [-0.39, 0.29) is 11.5 Å². The molecule has 0 aliphatic heterocycles. The Morgan fingerprint density at radius 1 is 0.789 bits per heavy atom. The molecule has 19 heavy (non-hydrogen) atoms. The Hall–Kier alpha value is -2.01. The molecule has 0 aliphatic carbocycles. The van der Waals surface area contributed by atoms with Gasteiger partial charge in [-0.3, -0.25) is 0 Å². The van der Waals surface area contributed by atoms with Gasteiger partial charge < -0.3 is 19.7 Å². The lowest BCUT2D eigenvalue weighted by Gasteiger charge is -2.09. The molecule has 0 saturated carbocycles. The van der Waals surface area contributed by atoms with Crippen molar-refractivity contribution >= 4 is 11.8 Å². The first kappa shape index (κ1) is 13.4. The highest BCUT2D eigenvalue weighted by molar-refractivity contribution is 7.99. The Balaban J connectivity index is 2.35. The fourth-order valence-corrected chi connectivity index (χ4v) is 2.46. The van der Waals surface area contributed by atoms with Gasteiger partial charge in [0.1, 0.15) is 23.0 Å². The zero-order valence-corrected chi connectivity index (χ0v) is 11.4. The zero-order valence-electron chi connectivity index (χ0n) is 10.6. The van der Waals surface area contributed by atoms with Crippen LogP contribution < -0.4 is 9.47 Å². The van der Waals surface area contributed by atoms with Gasteiger partial charge in [0.15, 0.2) is 0 Å². The quantitative estimate of drug-likeness (QED) is 0.899. The van der Waals surface area contributed by atoms with E-state index in [0.29, 0.717) is 21.3 Å². The van der Waals surface area contributed by atoms with Crippen LogP contribution in [0.5, 0.6) is 23.0 Å². The van der Waals surface area contributed by atoms with Crippen LogP contribution in [-0.4, -0.2) is 24.4 Å². The van der Waals surface area contributed by atoms with Gasteiger partial charge in [-0.05, 0) is 36.4 Å². The highest BCUT2D eigenvalue weighted by atomic mass is 32.2. The van der Waals surface area contributed by atoms with Gasteiger partial charge >= 0.3 is 0 Å². The summed E-state index contributed by atoms with van der Waals surface area (Å²) in [6, 6.07) is 9.87. The second-order valence-corrected chi connectivity index (χ2v) is 4.85. The summed E-state index contributed by atoms with van der Waals surface area (Å²) in [4.78, 5) is 1.20. The van der Waals surface area contributed by atoms with Crippen LogP contribution in [0.15, 0.2) is 46.2 Å². The van der Waals surface area contributed by atoms with Gasteiger partial charge in [0.05, 0.1) is 24.0 Å². The van der Waals surface area contributed by atoms with Crippen molar-refractivity contribution in [2.75, 3.05) is 14.2 Å². The van der Waals surface area contributed by atoms with Gasteiger partial charge in [-0.25, -0.2) is 0 Å². The minimum absolute atomic E-state index is 0.132. The molecular formula is C14H14O4S. The molecule has 0 radical (unpaired) electrons. The molecular weight excluding hydrogens is 264 g/mol. The molecule has 4 nitrogen and oxygen atoms in total. The van der Waals surface area contributed by atoms with Crippen LogP contribution in [0.3, 0.4) is 0 Å². The van der Waals surface area contributed by atoms with Crippen LogP contribution in [0.4, 0.5) is 0 Å². The molecule has 0 amide bonds. The number of phenols is 2. The molecule has 0 saturated heterocycles. The Morgan fingerprint density at radius 3 is 1.58 bits per heavy atom. The Bertz CT molecular complexity index is 532. The second kappa shape index (κ2) is 5.75. The molecule has 5 heteroatoms. The molecule has 0 fully saturated rings. The van der Waals surface area contributed by atoms with Crippen molar-refractivity contribution in [2.45, 2.75) is 9.79 Å². The largest absolute Gasteiger partial charge is 0.507 e. The molecule has 2 aromatic rings. The highest BCUT2D eigenvalue weighted by Gasteiger charge is 2.10. The van der Waals surface area contributed by atoms with Gasteiger partial charge in [-0.1, -0.05) is 11.8 Å². The van der Waals surface area contributed by atoms with E-state index in [1.165, 1.54) is 11.8 Å². The first-order chi connectivity index (χ1) is 9.13. The van der Waals surface area contributed by atoms with Crippen LogP contribution in [0.1, 0.15) is 0 Å². The van der Waals surface area contributed by atoms with Gasteiger partial charge in [-0.15, -0.1) is 0 Å². The molecule has 0 atom stereocenters. The molecule has 0 aromatic heterocycles. The molecule has 2 N–H and O–H groups in total. The molecule has 2 aromatic carbocycles. The van der Waals surface area contributed by atoms with Gasteiger partial charge in [0, 0.05) is 0 Å². The average molecular weight is 278 g/mol. The molecule has 0 bridgehead atoms. The maximum atomic E-state index is 9.82. The fraction of sp³-hybridized carbons (Fsp3) is 0.143. The summed E-state index contributed by atoms with van der Waals surface area (Å²) in [5.74, 6) is 1.55. The third-order valence-electron chi connectivity index (χ3n) is 2.55. The first-order valence-corrected chi connectivity index (χ1v) is 6.37. The van der Waals surface area contributed by atoms with E-state index < -0.39 is 0 Å². The van der Waals surface area contributed by atoms with Crippen molar-refractivity contribution < 1.29 is 19.7 Å². The van der Waals surface area contributed by atoms with Gasteiger partial charge in [-0.2, -0.15) is 0 Å². The van der Waals surface area contributed by atoms with E-state index in [2.05, 4.69) is 0 Å². The van der Waals surface area contributed by atoms with Gasteiger partial charge in [0.25, 0.3) is 0 Å². The molecule has 0 aliphatic rings. The lowest BCUT2D eigenvalue weighted by Crippen LogP contribution is -1.85. The van der Waals surface area contributed by atoms with Gasteiger partial charge in [0.2, 0.25) is 0 Å². The van der Waals surface area contributed by atoms with Crippen LogP contribution in [-0.2, 0) is 0 Å². The molecule has 100 valence electrons. The van der Waals surface area contributed by atoms with Crippen molar-refractivity contribution in [1.29, 1.82) is 0 Å². The van der Waals surface area contributed by atoms with Crippen molar-refractivity contribution in [2.24, 2.45) is 0 Å². The standard InChI is InChI=1S/C14H14O4S/c1-17-9-3-5-11(15)13(7-9)19-14-8-10(18-2)4-6-12(14)16/h3-8,15-16H,1-2H3. The summed E-state index contributed by atoms with van der Waals surface area (Å²) < 4.78 is 10.2. The lowest BCUT2D eigenvalue weighted by molar-refractivity contribution is 0.408. The smallest absolute Gasteiger partial charge is 0.129 e. The van der Waals surface area contributed by atoms with Crippen LogP contribution >= 0.6 is 11.8 Å².